The van der Waals surface area contributed by atoms with Crippen molar-refractivity contribution in [1.82, 2.24) is 4.98 Å². The van der Waals surface area contributed by atoms with Gasteiger partial charge in [0.1, 0.15) is 11.0 Å². The molecule has 0 bridgehead atoms. The number of thiazole rings is 1. The van der Waals surface area contributed by atoms with E-state index in [0.29, 0.717) is 38.2 Å². The Bertz CT molecular complexity index is 1770. The van der Waals surface area contributed by atoms with Gasteiger partial charge in [-0.25, -0.2) is 9.69 Å². The van der Waals surface area contributed by atoms with Crippen LogP contribution in [0.25, 0.3) is 0 Å². The summed E-state index contributed by atoms with van der Waals surface area (Å²) >= 11 is 2.20. The summed E-state index contributed by atoms with van der Waals surface area (Å²) in [5, 5.41) is 2.54. The lowest BCUT2D eigenvalue weighted by Crippen LogP contribution is -2.32. The zero-order valence-electron chi connectivity index (χ0n) is 22.8. The maximum atomic E-state index is 13.9. The summed E-state index contributed by atoms with van der Waals surface area (Å²) < 4.78 is 11.0. The molecule has 1 aromatic heterocycles. The Balaban J connectivity index is 1.26. The molecule has 2 N–H and O–H groups in total. The van der Waals surface area contributed by atoms with Crippen LogP contribution in [0.2, 0.25) is 0 Å². The highest BCUT2D eigenvalue weighted by Crippen LogP contribution is 2.54. The summed E-state index contributed by atoms with van der Waals surface area (Å²) in [5.74, 6) is -2.67. The topological polar surface area (TPSA) is 135 Å². The minimum atomic E-state index is -0.784. The van der Waals surface area contributed by atoms with Gasteiger partial charge in [0.15, 0.2) is 6.61 Å². The van der Waals surface area contributed by atoms with Gasteiger partial charge in [-0.3, -0.25) is 19.2 Å². The molecule has 2 aliphatic heterocycles. The molecule has 0 aliphatic carbocycles. The Morgan fingerprint density at radius 2 is 1.65 bits per heavy atom. The molecule has 3 atom stereocenters. The predicted molar refractivity (Wildman–Crippen MR) is 162 cm³/mol. The second kappa shape index (κ2) is 11.9. The molecule has 2 aliphatic rings. The number of hydrogen-bond donors (Lipinski definition) is 2. The van der Waals surface area contributed by atoms with Gasteiger partial charge in [0.25, 0.3) is 5.91 Å². The Labute approximate surface area is 254 Å². The highest BCUT2D eigenvalue weighted by molar-refractivity contribution is 8.00. The van der Waals surface area contributed by atoms with Gasteiger partial charge in [-0.15, -0.1) is 0 Å². The fraction of sp³-hybridized carbons (Fsp3) is 0.194. The molecule has 4 aromatic rings. The van der Waals surface area contributed by atoms with Crippen molar-refractivity contribution in [3.8, 4) is 5.75 Å². The number of aromatic nitrogens is 1. The first-order valence-electron chi connectivity index (χ1n) is 13.5. The summed E-state index contributed by atoms with van der Waals surface area (Å²) in [5.41, 5.74) is 1.92. The molecule has 6 rings (SSSR count). The first kappa shape index (κ1) is 28.4. The van der Waals surface area contributed by atoms with Crippen LogP contribution in [0.15, 0.2) is 88.7 Å². The van der Waals surface area contributed by atoms with Crippen LogP contribution in [-0.2, 0) is 19.1 Å². The van der Waals surface area contributed by atoms with E-state index in [2.05, 4.69) is 10.3 Å². The number of carbonyl (C=O) groups excluding carboxylic acids is 4. The maximum Gasteiger partial charge on any atom is 0.338 e. The molecule has 3 aromatic carbocycles. The lowest BCUT2D eigenvalue weighted by Gasteiger charge is -2.30. The summed E-state index contributed by atoms with van der Waals surface area (Å²) in [4.78, 5) is 69.0. The number of nitrogens with zero attached hydrogens (tertiary/aromatic N) is 1. The standard InChI is InChI=1S/C31H25N3O7S2/c1-2-40-30(38)17-12-14-18(15-13-17)32-22(35)16-41-21-11-7-6-10-20(21)23-24-26(42-27-25(23)43-31(39)33-27)29(37)34(28(24)36)19-8-4-3-5-9-19/h3-15,23-24,26H,2,16H2,1H3,(H,32,35)(H,33,39). The largest absolute Gasteiger partial charge is 0.483 e. The Hall–Kier alpha value is -4.68. The van der Waals surface area contributed by atoms with E-state index < -0.39 is 29.0 Å². The third-order valence-electron chi connectivity index (χ3n) is 7.13. The van der Waals surface area contributed by atoms with Crippen LogP contribution < -0.4 is 19.8 Å². The molecule has 1 fully saturated rings. The van der Waals surface area contributed by atoms with Crippen LogP contribution in [0.1, 0.15) is 33.6 Å². The quantitative estimate of drug-likeness (QED) is 0.220. The van der Waals surface area contributed by atoms with Crippen molar-refractivity contribution in [2.75, 3.05) is 23.4 Å². The molecular weight excluding hydrogens is 590 g/mol. The van der Waals surface area contributed by atoms with Crippen molar-refractivity contribution in [1.29, 1.82) is 0 Å². The van der Waals surface area contributed by atoms with Gasteiger partial charge in [0.2, 0.25) is 11.8 Å². The van der Waals surface area contributed by atoms with Crippen LogP contribution in [0.4, 0.5) is 11.4 Å². The number of hydrogen-bond acceptors (Lipinski definition) is 9. The molecular formula is C31H25N3O7S2. The fourth-order valence-corrected chi connectivity index (χ4v) is 7.80. The van der Waals surface area contributed by atoms with Gasteiger partial charge in [0, 0.05) is 22.0 Å². The Kier molecular flexibility index (Phi) is 7.87. The Morgan fingerprint density at radius 1 is 0.930 bits per heavy atom. The number of H-pyrrole nitrogens is 1. The molecule has 3 amide bonds. The van der Waals surface area contributed by atoms with Crippen molar-refractivity contribution >= 4 is 58.2 Å². The Morgan fingerprint density at radius 3 is 2.40 bits per heavy atom. The van der Waals surface area contributed by atoms with E-state index in [1.54, 1.807) is 79.7 Å². The molecule has 0 saturated carbocycles. The lowest BCUT2D eigenvalue weighted by molar-refractivity contribution is -0.122. The van der Waals surface area contributed by atoms with Crippen molar-refractivity contribution in [2.24, 2.45) is 5.92 Å². The third-order valence-corrected chi connectivity index (χ3v) is 9.53. The molecule has 43 heavy (non-hydrogen) atoms. The normalized spacial score (nSPS) is 19.0. The molecule has 0 spiro atoms. The second-order valence-corrected chi connectivity index (χ2v) is 11.9. The van der Waals surface area contributed by atoms with Crippen LogP contribution >= 0.6 is 23.1 Å². The van der Waals surface area contributed by atoms with Gasteiger partial charge >= 0.3 is 10.8 Å². The second-order valence-electron chi connectivity index (χ2n) is 9.77. The first-order valence-corrected chi connectivity index (χ1v) is 15.2. The van der Waals surface area contributed by atoms with Crippen LogP contribution in [0.3, 0.4) is 0 Å². The number of benzene rings is 3. The number of rotatable bonds is 8. The van der Waals surface area contributed by atoms with E-state index in [0.717, 1.165) is 11.3 Å². The van der Waals surface area contributed by atoms with Crippen molar-refractivity contribution < 1.29 is 28.7 Å². The fourth-order valence-electron chi connectivity index (χ4n) is 5.30. The highest BCUT2D eigenvalue weighted by Gasteiger charge is 2.56. The SMILES string of the molecule is CCOC(=O)c1ccc(NC(=O)COc2ccccc2C2c3sc(=O)[nH]c3SC3C(=O)N(c4ccccc4)C(=O)C32)cc1. The van der Waals surface area contributed by atoms with Gasteiger partial charge < -0.3 is 19.8 Å². The molecule has 12 heteroatoms. The van der Waals surface area contributed by atoms with Gasteiger partial charge in [-0.1, -0.05) is 59.5 Å². The van der Waals surface area contributed by atoms with Crippen molar-refractivity contribution in [3.05, 3.63) is 105 Å². The molecule has 3 heterocycles. The highest BCUT2D eigenvalue weighted by atomic mass is 32.2. The van der Waals surface area contributed by atoms with E-state index in [1.165, 1.54) is 16.7 Å². The van der Waals surface area contributed by atoms with E-state index in [4.69, 9.17) is 9.47 Å². The number of esters is 1. The van der Waals surface area contributed by atoms with E-state index in [-0.39, 0.29) is 29.9 Å². The summed E-state index contributed by atoms with van der Waals surface area (Å²) in [6.45, 7) is 1.64. The summed E-state index contributed by atoms with van der Waals surface area (Å²) in [7, 11) is 0. The first-order chi connectivity index (χ1) is 20.9. The number of carbonyl (C=O) groups is 4. The number of para-hydroxylation sites is 2. The molecule has 1 saturated heterocycles. The van der Waals surface area contributed by atoms with E-state index in [9.17, 15) is 24.0 Å². The van der Waals surface area contributed by atoms with Crippen molar-refractivity contribution in [2.45, 2.75) is 23.1 Å². The average molecular weight is 616 g/mol. The number of imide groups is 1. The maximum absolute atomic E-state index is 13.9. The number of aromatic amines is 1. The molecule has 0 radical (unpaired) electrons. The number of fused-ring (bicyclic) bond motifs is 2. The van der Waals surface area contributed by atoms with Gasteiger partial charge in [-0.2, -0.15) is 0 Å². The number of ether oxygens (including phenoxy) is 2. The predicted octanol–water partition coefficient (Wildman–Crippen LogP) is 4.43. The minimum absolute atomic E-state index is 0.261. The molecule has 10 nitrogen and oxygen atoms in total. The van der Waals surface area contributed by atoms with Gasteiger partial charge in [0.05, 0.1) is 28.8 Å². The van der Waals surface area contributed by atoms with Crippen LogP contribution in [0.5, 0.6) is 5.75 Å². The van der Waals surface area contributed by atoms with E-state index >= 15 is 0 Å². The minimum Gasteiger partial charge on any atom is -0.483 e. The zero-order valence-corrected chi connectivity index (χ0v) is 24.4. The number of anilines is 2. The monoisotopic (exact) mass is 615 g/mol. The zero-order chi connectivity index (χ0) is 30.1. The average Bonchev–Trinajstić information content (AvgIpc) is 3.51. The van der Waals surface area contributed by atoms with Crippen LogP contribution in [-0.4, -0.2) is 47.1 Å². The molecule has 3 unspecified atom stereocenters. The number of nitrogens with one attached hydrogen (secondary N) is 2. The summed E-state index contributed by atoms with van der Waals surface area (Å²) in [6.07, 6.45) is 0. The van der Waals surface area contributed by atoms with Gasteiger partial charge in [-0.05, 0) is 49.4 Å². The lowest BCUT2D eigenvalue weighted by atomic mass is 9.82. The number of thioether (sulfide) groups is 1. The van der Waals surface area contributed by atoms with Crippen LogP contribution in [0, 0.1) is 5.92 Å². The molecule has 218 valence electrons. The van der Waals surface area contributed by atoms with E-state index in [1.807, 2.05) is 6.07 Å². The van der Waals surface area contributed by atoms with Crippen molar-refractivity contribution in [3.63, 3.8) is 0 Å². The number of amides is 3. The third kappa shape index (κ3) is 5.46. The summed E-state index contributed by atoms with van der Waals surface area (Å²) in [6, 6.07) is 22.1. The smallest absolute Gasteiger partial charge is 0.338 e.